The third kappa shape index (κ3) is 3.75. The minimum atomic E-state index is -5.05. The Kier molecular flexibility index (Phi) is 4.73. The molecule has 0 radical (unpaired) electrons. The molecule has 2 N–H and O–H groups in total. The topological polar surface area (TPSA) is 51.8 Å². The van der Waals surface area contributed by atoms with E-state index < -0.39 is 46.3 Å². The second kappa shape index (κ2) is 6.17. The van der Waals surface area contributed by atoms with Crippen molar-refractivity contribution in [1.29, 1.82) is 0 Å². The Hall–Kier alpha value is -1.94. The van der Waals surface area contributed by atoms with Crippen LogP contribution < -0.4 is 5.73 Å². The number of nitrogens with two attached hydrogens (primary N) is 1. The maximum atomic E-state index is 13.2. The number of halogens is 8. The highest BCUT2D eigenvalue weighted by Gasteiger charge is 2.37. The molecule has 0 saturated heterocycles. The second-order valence-electron chi connectivity index (χ2n) is 4.64. The maximum Gasteiger partial charge on any atom is 0.436 e. The van der Waals surface area contributed by atoms with Crippen LogP contribution in [0, 0.1) is 5.82 Å². The fraction of sp³-hybridized carbons (Fsp3) is 0.231. The van der Waals surface area contributed by atoms with Gasteiger partial charge in [0.05, 0.1) is 16.8 Å². The van der Waals surface area contributed by atoms with Crippen LogP contribution in [-0.2, 0) is 12.4 Å². The number of pyridine rings is 2. The summed E-state index contributed by atoms with van der Waals surface area (Å²) in [6.07, 6.45) is -9.12. The maximum absolute atomic E-state index is 13.2. The Morgan fingerprint density at radius 1 is 1.00 bits per heavy atom. The first-order chi connectivity index (χ1) is 10.9. The van der Waals surface area contributed by atoms with Crippen molar-refractivity contribution in [3.8, 4) is 0 Å². The number of nitrogens with zero attached hydrogens (tertiary/aromatic N) is 2. The minimum absolute atomic E-state index is 0.111. The van der Waals surface area contributed by atoms with Gasteiger partial charge in [0.2, 0.25) is 0 Å². The van der Waals surface area contributed by atoms with Crippen molar-refractivity contribution in [2.75, 3.05) is 0 Å². The summed E-state index contributed by atoms with van der Waals surface area (Å²) >= 11 is 5.48. The first-order valence-corrected chi connectivity index (χ1v) is 6.51. The fourth-order valence-corrected chi connectivity index (χ4v) is 2.11. The summed E-state index contributed by atoms with van der Waals surface area (Å²) in [5, 5.41) is -0.770. The molecule has 0 aliphatic heterocycles. The SMILES string of the molecule is NC(c1cnc(C(F)(F)F)c(Cl)c1)c1ccc(F)c(C(F)(F)F)n1. The van der Waals surface area contributed by atoms with Crippen LogP contribution in [0.1, 0.15) is 28.7 Å². The molecular formula is C13H7ClF7N3. The lowest BCUT2D eigenvalue weighted by molar-refractivity contribution is -0.144. The standard InChI is InChI=1S/C13H7ClF7N3/c14-6-3-5(4-23-10(6)12(16,17)18)9(22)8-2-1-7(15)11(24-8)13(19,20)21/h1-4,9H,22H2. The molecule has 2 aromatic heterocycles. The predicted molar refractivity (Wildman–Crippen MR) is 69.5 cm³/mol. The van der Waals surface area contributed by atoms with E-state index in [-0.39, 0.29) is 5.56 Å². The van der Waals surface area contributed by atoms with Crippen LogP contribution in [0.5, 0.6) is 0 Å². The molecular weight excluding hydrogens is 367 g/mol. The first-order valence-electron chi connectivity index (χ1n) is 6.13. The van der Waals surface area contributed by atoms with Crippen molar-refractivity contribution in [2.45, 2.75) is 18.4 Å². The van der Waals surface area contributed by atoms with Crippen LogP contribution in [0.15, 0.2) is 24.4 Å². The molecule has 2 heterocycles. The van der Waals surface area contributed by atoms with Crippen molar-refractivity contribution in [1.82, 2.24) is 9.97 Å². The minimum Gasteiger partial charge on any atom is -0.319 e. The quantitative estimate of drug-likeness (QED) is 0.796. The largest absolute Gasteiger partial charge is 0.436 e. The first kappa shape index (κ1) is 18.4. The highest BCUT2D eigenvalue weighted by atomic mass is 35.5. The monoisotopic (exact) mass is 373 g/mol. The lowest BCUT2D eigenvalue weighted by Gasteiger charge is -2.16. The van der Waals surface area contributed by atoms with Gasteiger partial charge in [0, 0.05) is 6.20 Å². The molecule has 1 unspecified atom stereocenters. The molecule has 0 aliphatic rings. The molecule has 2 rings (SSSR count). The van der Waals surface area contributed by atoms with Crippen molar-refractivity contribution < 1.29 is 30.7 Å². The number of alkyl halides is 6. The van der Waals surface area contributed by atoms with Gasteiger partial charge in [-0.05, 0) is 23.8 Å². The van der Waals surface area contributed by atoms with Crippen LogP contribution in [-0.4, -0.2) is 9.97 Å². The zero-order valence-corrected chi connectivity index (χ0v) is 12.1. The number of aromatic nitrogens is 2. The molecule has 130 valence electrons. The summed E-state index contributed by atoms with van der Waals surface area (Å²) in [6.45, 7) is 0. The average molecular weight is 374 g/mol. The molecule has 1 atom stereocenters. The average Bonchev–Trinajstić information content (AvgIpc) is 2.44. The highest BCUT2D eigenvalue weighted by Crippen LogP contribution is 2.35. The normalized spacial score (nSPS) is 13.9. The van der Waals surface area contributed by atoms with Gasteiger partial charge in [0.25, 0.3) is 0 Å². The van der Waals surface area contributed by atoms with E-state index in [2.05, 4.69) is 9.97 Å². The molecule has 3 nitrogen and oxygen atoms in total. The number of hydrogen-bond donors (Lipinski definition) is 1. The Morgan fingerprint density at radius 2 is 1.58 bits per heavy atom. The molecule has 0 spiro atoms. The van der Waals surface area contributed by atoms with E-state index >= 15 is 0 Å². The molecule has 24 heavy (non-hydrogen) atoms. The molecule has 0 aromatic carbocycles. The third-order valence-electron chi connectivity index (χ3n) is 2.94. The van der Waals surface area contributed by atoms with Crippen LogP contribution >= 0.6 is 11.6 Å². The highest BCUT2D eigenvalue weighted by molar-refractivity contribution is 6.31. The van der Waals surface area contributed by atoms with E-state index in [4.69, 9.17) is 17.3 Å². The van der Waals surface area contributed by atoms with Crippen LogP contribution in [0.2, 0.25) is 5.02 Å². The second-order valence-corrected chi connectivity index (χ2v) is 5.05. The molecule has 0 fully saturated rings. The molecule has 11 heteroatoms. The summed E-state index contributed by atoms with van der Waals surface area (Å²) in [5.74, 6) is -1.60. The molecule has 0 bridgehead atoms. The van der Waals surface area contributed by atoms with E-state index in [1.165, 1.54) is 0 Å². The zero-order chi connectivity index (χ0) is 18.3. The van der Waals surface area contributed by atoms with Crippen LogP contribution in [0.3, 0.4) is 0 Å². The van der Waals surface area contributed by atoms with Gasteiger partial charge in [-0.3, -0.25) is 0 Å². The Labute approximate surface area is 135 Å². The van der Waals surface area contributed by atoms with Crippen molar-refractivity contribution in [3.63, 3.8) is 0 Å². The number of rotatable bonds is 2. The Bertz CT molecular complexity index is 758. The van der Waals surface area contributed by atoms with Gasteiger partial charge in [-0.15, -0.1) is 0 Å². The van der Waals surface area contributed by atoms with Crippen LogP contribution in [0.25, 0.3) is 0 Å². The summed E-state index contributed by atoms with van der Waals surface area (Å²) in [5.41, 5.74) is 2.03. The Morgan fingerprint density at radius 3 is 2.08 bits per heavy atom. The molecule has 2 aromatic rings. The van der Waals surface area contributed by atoms with Crippen molar-refractivity contribution in [3.05, 3.63) is 57.9 Å². The van der Waals surface area contributed by atoms with Gasteiger partial charge in [-0.1, -0.05) is 11.6 Å². The van der Waals surface area contributed by atoms with Gasteiger partial charge in [0.1, 0.15) is 0 Å². The molecule has 0 saturated carbocycles. The van der Waals surface area contributed by atoms with Gasteiger partial charge in [-0.25, -0.2) is 14.4 Å². The van der Waals surface area contributed by atoms with E-state index in [9.17, 15) is 30.7 Å². The van der Waals surface area contributed by atoms with E-state index in [0.29, 0.717) is 6.07 Å². The van der Waals surface area contributed by atoms with E-state index in [0.717, 1.165) is 18.3 Å². The summed E-state index contributed by atoms with van der Waals surface area (Å²) in [6, 6.07) is 0.852. The third-order valence-corrected chi connectivity index (χ3v) is 3.23. The molecule has 0 amide bonds. The Balaban J connectivity index is 2.43. The smallest absolute Gasteiger partial charge is 0.319 e. The molecule has 0 aliphatic carbocycles. The zero-order valence-electron chi connectivity index (χ0n) is 11.4. The van der Waals surface area contributed by atoms with Crippen molar-refractivity contribution in [2.24, 2.45) is 5.73 Å². The van der Waals surface area contributed by atoms with Gasteiger partial charge in [-0.2, -0.15) is 26.3 Å². The lowest BCUT2D eigenvalue weighted by Crippen LogP contribution is -2.19. The summed E-state index contributed by atoms with van der Waals surface area (Å²) < 4.78 is 88.8. The van der Waals surface area contributed by atoms with Gasteiger partial charge >= 0.3 is 12.4 Å². The summed E-state index contributed by atoms with van der Waals surface area (Å²) in [4.78, 5) is 6.23. The van der Waals surface area contributed by atoms with Gasteiger partial charge in [0.15, 0.2) is 17.2 Å². The van der Waals surface area contributed by atoms with Crippen molar-refractivity contribution >= 4 is 11.6 Å². The van der Waals surface area contributed by atoms with Crippen LogP contribution in [0.4, 0.5) is 30.7 Å². The number of hydrogen-bond acceptors (Lipinski definition) is 3. The fourth-order valence-electron chi connectivity index (χ4n) is 1.83. The summed E-state index contributed by atoms with van der Waals surface area (Å²) in [7, 11) is 0. The predicted octanol–water partition coefficient (Wildman–Crippen LogP) is 4.35. The van der Waals surface area contributed by atoms with Gasteiger partial charge < -0.3 is 5.73 Å². The van der Waals surface area contributed by atoms with E-state index in [1.54, 1.807) is 0 Å². The van der Waals surface area contributed by atoms with E-state index in [1.807, 2.05) is 0 Å². The lowest BCUT2D eigenvalue weighted by atomic mass is 10.1.